The minimum absolute atomic E-state index is 0.0708. The van der Waals surface area contributed by atoms with E-state index in [0.29, 0.717) is 6.54 Å². The molecule has 4 heteroatoms. The first kappa shape index (κ1) is 14.5. The van der Waals surface area contributed by atoms with Crippen LogP contribution in [0.2, 0.25) is 0 Å². The first-order chi connectivity index (χ1) is 10.7. The first-order valence-corrected chi connectivity index (χ1v) is 7.44. The molecule has 3 rings (SSSR count). The van der Waals surface area contributed by atoms with Crippen LogP contribution in [0.3, 0.4) is 0 Å². The highest BCUT2D eigenvalue weighted by molar-refractivity contribution is 5.79. The molecule has 0 spiro atoms. The smallest absolute Gasteiger partial charge is 0.189 e. The third kappa shape index (κ3) is 3.40. The molecule has 4 nitrogen and oxygen atoms in total. The molecule has 3 aromatic rings. The van der Waals surface area contributed by atoms with Crippen LogP contribution in [0.5, 0.6) is 0 Å². The Bertz CT molecular complexity index is 825. The molecule has 0 saturated carbocycles. The van der Waals surface area contributed by atoms with Crippen molar-refractivity contribution in [2.75, 3.05) is 6.54 Å². The Morgan fingerprint density at radius 2 is 2.14 bits per heavy atom. The third-order valence-corrected chi connectivity index (χ3v) is 3.67. The Morgan fingerprint density at radius 1 is 1.23 bits per heavy atom. The molecule has 0 aliphatic rings. The van der Waals surface area contributed by atoms with E-state index in [0.717, 1.165) is 35.1 Å². The number of benzene rings is 1. The zero-order valence-corrected chi connectivity index (χ0v) is 12.6. The fourth-order valence-electron chi connectivity index (χ4n) is 2.51. The van der Waals surface area contributed by atoms with Gasteiger partial charge in [-0.25, -0.2) is 0 Å². The van der Waals surface area contributed by atoms with Gasteiger partial charge in [-0.2, -0.15) is 0 Å². The molecule has 0 amide bonds. The Balaban J connectivity index is 1.64. The molecule has 0 saturated heterocycles. The second-order valence-electron chi connectivity index (χ2n) is 5.50. The standard InChI is InChI=1S/C18H19N3O/c1-13-4-5-17-16(9-13)18(22)10-15(21-17)12-20-8-6-14-3-2-7-19-11-14/h2-5,7,9-11,20H,6,8,12H2,1H3,(H,21,22). The van der Waals surface area contributed by atoms with E-state index in [1.807, 2.05) is 37.4 Å². The van der Waals surface area contributed by atoms with Gasteiger partial charge in [-0.15, -0.1) is 0 Å². The predicted octanol–water partition coefficient (Wildman–Crippen LogP) is 2.56. The lowest BCUT2D eigenvalue weighted by molar-refractivity contribution is 0.675. The summed E-state index contributed by atoms with van der Waals surface area (Å²) < 4.78 is 0. The van der Waals surface area contributed by atoms with Crippen molar-refractivity contribution in [3.05, 3.63) is 75.8 Å². The van der Waals surface area contributed by atoms with Crippen LogP contribution in [0.4, 0.5) is 0 Å². The fourth-order valence-corrected chi connectivity index (χ4v) is 2.51. The molecular weight excluding hydrogens is 274 g/mol. The first-order valence-electron chi connectivity index (χ1n) is 7.44. The Labute approximate surface area is 129 Å². The average molecular weight is 293 g/mol. The minimum Gasteiger partial charge on any atom is -0.357 e. The summed E-state index contributed by atoms with van der Waals surface area (Å²) in [5.74, 6) is 0. The maximum Gasteiger partial charge on any atom is 0.189 e. The molecule has 0 aliphatic heterocycles. The maximum atomic E-state index is 12.1. The predicted molar refractivity (Wildman–Crippen MR) is 89.0 cm³/mol. The molecule has 2 aromatic heterocycles. The minimum atomic E-state index is 0.0708. The molecular formula is C18H19N3O. The molecule has 2 N–H and O–H groups in total. The number of hydrogen-bond acceptors (Lipinski definition) is 3. The van der Waals surface area contributed by atoms with E-state index in [1.54, 1.807) is 12.3 Å². The van der Waals surface area contributed by atoms with Crippen molar-refractivity contribution in [3.8, 4) is 0 Å². The van der Waals surface area contributed by atoms with E-state index in [2.05, 4.69) is 21.4 Å². The molecule has 0 atom stereocenters. The van der Waals surface area contributed by atoms with E-state index in [9.17, 15) is 4.79 Å². The molecule has 0 aliphatic carbocycles. The van der Waals surface area contributed by atoms with Crippen LogP contribution in [0.15, 0.2) is 53.6 Å². The molecule has 2 heterocycles. The summed E-state index contributed by atoms with van der Waals surface area (Å²) in [4.78, 5) is 19.6. The number of aromatic amines is 1. The van der Waals surface area contributed by atoms with E-state index < -0.39 is 0 Å². The van der Waals surface area contributed by atoms with Crippen LogP contribution in [-0.4, -0.2) is 16.5 Å². The number of hydrogen-bond donors (Lipinski definition) is 2. The van der Waals surface area contributed by atoms with Crippen LogP contribution in [0.1, 0.15) is 16.8 Å². The average Bonchev–Trinajstić information content (AvgIpc) is 2.53. The molecule has 1 aromatic carbocycles. The van der Waals surface area contributed by atoms with Crippen LogP contribution in [0, 0.1) is 6.92 Å². The number of rotatable bonds is 5. The summed E-state index contributed by atoms with van der Waals surface area (Å²) in [6.45, 7) is 3.49. The molecule has 0 unspecified atom stereocenters. The maximum absolute atomic E-state index is 12.1. The van der Waals surface area contributed by atoms with Gasteiger partial charge in [0.25, 0.3) is 0 Å². The zero-order valence-electron chi connectivity index (χ0n) is 12.6. The summed E-state index contributed by atoms with van der Waals surface area (Å²) in [5, 5.41) is 4.10. The monoisotopic (exact) mass is 293 g/mol. The number of nitrogens with zero attached hydrogens (tertiary/aromatic N) is 1. The van der Waals surface area contributed by atoms with E-state index in [1.165, 1.54) is 5.56 Å². The summed E-state index contributed by atoms with van der Waals surface area (Å²) in [5.41, 5.74) is 4.18. The highest BCUT2D eigenvalue weighted by atomic mass is 16.1. The van der Waals surface area contributed by atoms with Gasteiger partial charge < -0.3 is 10.3 Å². The van der Waals surface area contributed by atoms with Crippen LogP contribution in [0.25, 0.3) is 10.9 Å². The second kappa shape index (κ2) is 6.54. The number of nitrogens with one attached hydrogen (secondary N) is 2. The van der Waals surface area contributed by atoms with Gasteiger partial charge >= 0.3 is 0 Å². The Kier molecular flexibility index (Phi) is 4.30. The lowest BCUT2D eigenvalue weighted by Crippen LogP contribution is -2.19. The van der Waals surface area contributed by atoms with Crippen LogP contribution < -0.4 is 10.7 Å². The van der Waals surface area contributed by atoms with E-state index in [4.69, 9.17) is 0 Å². The summed E-state index contributed by atoms with van der Waals surface area (Å²) >= 11 is 0. The lowest BCUT2D eigenvalue weighted by atomic mass is 10.1. The number of pyridine rings is 2. The van der Waals surface area contributed by atoms with Crippen molar-refractivity contribution in [2.45, 2.75) is 19.9 Å². The van der Waals surface area contributed by atoms with Gasteiger partial charge in [-0.3, -0.25) is 9.78 Å². The lowest BCUT2D eigenvalue weighted by Gasteiger charge is -2.07. The van der Waals surface area contributed by atoms with Gasteiger partial charge in [0.1, 0.15) is 0 Å². The fraction of sp³-hybridized carbons (Fsp3) is 0.222. The van der Waals surface area contributed by atoms with Crippen molar-refractivity contribution < 1.29 is 0 Å². The van der Waals surface area contributed by atoms with Crippen molar-refractivity contribution in [1.29, 1.82) is 0 Å². The summed E-state index contributed by atoms with van der Waals surface area (Å²) in [6.07, 6.45) is 4.57. The third-order valence-electron chi connectivity index (χ3n) is 3.67. The highest BCUT2D eigenvalue weighted by Gasteiger charge is 2.02. The molecule has 22 heavy (non-hydrogen) atoms. The van der Waals surface area contributed by atoms with Gasteiger partial charge in [-0.1, -0.05) is 17.7 Å². The quantitative estimate of drug-likeness (QED) is 0.711. The summed E-state index contributed by atoms with van der Waals surface area (Å²) in [6, 6.07) is 11.6. The number of aromatic nitrogens is 2. The van der Waals surface area contributed by atoms with Gasteiger partial charge in [0.2, 0.25) is 0 Å². The zero-order chi connectivity index (χ0) is 15.4. The van der Waals surface area contributed by atoms with Gasteiger partial charge in [0.15, 0.2) is 5.43 Å². The van der Waals surface area contributed by atoms with E-state index >= 15 is 0 Å². The topological polar surface area (TPSA) is 57.8 Å². The highest BCUT2D eigenvalue weighted by Crippen LogP contribution is 2.10. The molecule has 0 fully saturated rings. The van der Waals surface area contributed by atoms with Crippen LogP contribution in [-0.2, 0) is 13.0 Å². The van der Waals surface area contributed by atoms with Gasteiger partial charge in [0.05, 0.1) is 0 Å². The van der Waals surface area contributed by atoms with Gasteiger partial charge in [0, 0.05) is 41.6 Å². The SMILES string of the molecule is Cc1ccc2[nH]c(CNCCc3cccnc3)cc(=O)c2c1. The largest absolute Gasteiger partial charge is 0.357 e. The van der Waals surface area contributed by atoms with Crippen molar-refractivity contribution in [1.82, 2.24) is 15.3 Å². The number of aryl methyl sites for hydroxylation is 1. The van der Waals surface area contributed by atoms with Crippen molar-refractivity contribution in [3.63, 3.8) is 0 Å². The van der Waals surface area contributed by atoms with Gasteiger partial charge in [-0.05, 0) is 43.7 Å². The van der Waals surface area contributed by atoms with Crippen LogP contribution >= 0.6 is 0 Å². The second-order valence-corrected chi connectivity index (χ2v) is 5.50. The van der Waals surface area contributed by atoms with Crippen molar-refractivity contribution >= 4 is 10.9 Å². The summed E-state index contributed by atoms with van der Waals surface area (Å²) in [7, 11) is 0. The Hall–Kier alpha value is -2.46. The Morgan fingerprint density at radius 3 is 2.95 bits per heavy atom. The normalized spacial score (nSPS) is 11.0. The number of H-pyrrole nitrogens is 1. The van der Waals surface area contributed by atoms with E-state index in [-0.39, 0.29) is 5.43 Å². The van der Waals surface area contributed by atoms with Crippen molar-refractivity contribution in [2.24, 2.45) is 0 Å². The number of fused-ring (bicyclic) bond motifs is 1. The molecule has 0 radical (unpaired) electrons. The molecule has 0 bridgehead atoms. The molecule has 112 valence electrons.